The van der Waals surface area contributed by atoms with Crippen LogP contribution in [0.2, 0.25) is 0 Å². The van der Waals surface area contributed by atoms with Gasteiger partial charge in [0.2, 0.25) is 5.91 Å². The average Bonchev–Trinajstić information content (AvgIpc) is 3.08. The monoisotopic (exact) mass is 288 g/mol. The Kier molecular flexibility index (Phi) is 4.88. The van der Waals surface area contributed by atoms with Gasteiger partial charge in [0, 0.05) is 31.5 Å². The maximum atomic E-state index is 12.6. The van der Waals surface area contributed by atoms with Gasteiger partial charge >= 0.3 is 0 Å². The van der Waals surface area contributed by atoms with Crippen LogP contribution in [-0.2, 0) is 9.53 Å². The summed E-state index contributed by atoms with van der Waals surface area (Å²) in [5.41, 5.74) is 1.28. The van der Waals surface area contributed by atoms with Crippen molar-refractivity contribution in [2.75, 3.05) is 32.8 Å². The van der Waals surface area contributed by atoms with Gasteiger partial charge in [0.1, 0.15) is 0 Å². The van der Waals surface area contributed by atoms with E-state index in [1.54, 1.807) is 0 Å². The molecule has 0 radical (unpaired) electrons. The van der Waals surface area contributed by atoms with Gasteiger partial charge in [-0.05, 0) is 24.9 Å². The Balaban J connectivity index is 1.71. The highest BCUT2D eigenvalue weighted by Crippen LogP contribution is 2.29. The molecule has 0 unspecified atom stereocenters. The number of rotatable bonds is 4. The first-order valence-electron chi connectivity index (χ1n) is 7.98. The van der Waals surface area contributed by atoms with Crippen LogP contribution in [0.1, 0.15) is 30.7 Å². The lowest BCUT2D eigenvalue weighted by molar-refractivity contribution is -0.135. The van der Waals surface area contributed by atoms with E-state index in [9.17, 15) is 4.79 Å². The normalized spacial score (nSPS) is 24.0. The fourth-order valence-corrected chi connectivity index (χ4v) is 3.38. The highest BCUT2D eigenvalue weighted by Gasteiger charge is 2.29. The van der Waals surface area contributed by atoms with Crippen molar-refractivity contribution in [3.05, 3.63) is 35.9 Å². The molecule has 0 aliphatic carbocycles. The summed E-state index contributed by atoms with van der Waals surface area (Å²) in [6, 6.07) is 10.9. The minimum Gasteiger partial charge on any atom is -0.378 e. The Bertz CT molecular complexity index is 451. The summed E-state index contributed by atoms with van der Waals surface area (Å²) in [6.07, 6.45) is 2.97. The molecular formula is C17H24N2O2. The molecule has 1 aromatic carbocycles. The molecule has 1 aromatic rings. The van der Waals surface area contributed by atoms with Gasteiger partial charge in [0.25, 0.3) is 0 Å². The van der Waals surface area contributed by atoms with Crippen molar-refractivity contribution in [3.63, 3.8) is 0 Å². The average molecular weight is 288 g/mol. The van der Waals surface area contributed by atoms with Crippen LogP contribution in [0.25, 0.3) is 0 Å². The fourth-order valence-electron chi connectivity index (χ4n) is 3.38. The Morgan fingerprint density at radius 1 is 1.29 bits per heavy atom. The molecule has 2 aliphatic heterocycles. The minimum atomic E-state index is 0.265. The largest absolute Gasteiger partial charge is 0.378 e. The summed E-state index contributed by atoms with van der Waals surface area (Å²) >= 11 is 0. The molecule has 1 N–H and O–H groups in total. The number of carbonyl (C=O) groups excluding carboxylic acids is 1. The van der Waals surface area contributed by atoms with Crippen molar-refractivity contribution in [3.8, 4) is 0 Å². The van der Waals surface area contributed by atoms with Crippen molar-refractivity contribution in [1.29, 1.82) is 0 Å². The van der Waals surface area contributed by atoms with Gasteiger partial charge in [-0.25, -0.2) is 0 Å². The van der Waals surface area contributed by atoms with Crippen LogP contribution in [0.5, 0.6) is 0 Å². The predicted molar refractivity (Wildman–Crippen MR) is 82.2 cm³/mol. The minimum absolute atomic E-state index is 0.265. The number of ether oxygens (including phenoxy) is 1. The number of morpholine rings is 1. The number of benzene rings is 1. The molecule has 4 heteroatoms. The van der Waals surface area contributed by atoms with Crippen molar-refractivity contribution < 1.29 is 9.53 Å². The molecule has 2 atom stereocenters. The summed E-state index contributed by atoms with van der Waals surface area (Å²) in [6.45, 7) is 3.88. The van der Waals surface area contributed by atoms with E-state index in [1.807, 2.05) is 11.0 Å². The van der Waals surface area contributed by atoms with Gasteiger partial charge in [-0.1, -0.05) is 30.3 Å². The van der Waals surface area contributed by atoms with E-state index in [1.165, 1.54) is 12.0 Å². The van der Waals surface area contributed by atoms with E-state index in [4.69, 9.17) is 4.74 Å². The third kappa shape index (κ3) is 3.63. The lowest BCUT2D eigenvalue weighted by atomic mass is 9.87. The van der Waals surface area contributed by atoms with E-state index < -0.39 is 0 Å². The third-order valence-corrected chi connectivity index (χ3v) is 4.57. The molecule has 1 amide bonds. The van der Waals surface area contributed by atoms with E-state index >= 15 is 0 Å². The highest BCUT2D eigenvalue weighted by atomic mass is 16.5. The summed E-state index contributed by atoms with van der Waals surface area (Å²) in [4.78, 5) is 14.5. The molecule has 0 aromatic heterocycles. The van der Waals surface area contributed by atoms with Gasteiger partial charge in [-0.3, -0.25) is 4.79 Å². The lowest BCUT2D eigenvalue weighted by Gasteiger charge is -2.30. The zero-order chi connectivity index (χ0) is 14.5. The Hall–Kier alpha value is -1.39. The van der Waals surface area contributed by atoms with E-state index in [-0.39, 0.29) is 11.8 Å². The first kappa shape index (κ1) is 14.5. The van der Waals surface area contributed by atoms with Crippen LogP contribution in [0.4, 0.5) is 0 Å². The van der Waals surface area contributed by atoms with Gasteiger partial charge in [0.15, 0.2) is 0 Å². The maximum Gasteiger partial charge on any atom is 0.223 e. The first-order chi connectivity index (χ1) is 10.3. The van der Waals surface area contributed by atoms with Crippen LogP contribution >= 0.6 is 0 Å². The molecule has 2 saturated heterocycles. The van der Waals surface area contributed by atoms with Crippen molar-refractivity contribution in [2.24, 2.45) is 0 Å². The highest BCUT2D eigenvalue weighted by molar-refractivity contribution is 5.77. The molecule has 3 rings (SSSR count). The van der Waals surface area contributed by atoms with Crippen molar-refractivity contribution >= 4 is 5.91 Å². The summed E-state index contributed by atoms with van der Waals surface area (Å²) in [5, 5.41) is 3.57. The number of hydrogen-bond acceptors (Lipinski definition) is 3. The van der Waals surface area contributed by atoms with Crippen LogP contribution in [-0.4, -0.2) is 49.7 Å². The number of nitrogens with zero attached hydrogens (tertiary/aromatic N) is 1. The smallest absolute Gasteiger partial charge is 0.223 e. The Morgan fingerprint density at radius 2 is 2.05 bits per heavy atom. The second kappa shape index (κ2) is 7.05. The first-order valence-corrected chi connectivity index (χ1v) is 7.98. The van der Waals surface area contributed by atoms with Crippen LogP contribution in [0.3, 0.4) is 0 Å². The second-order valence-corrected chi connectivity index (χ2v) is 5.92. The number of nitrogens with one attached hydrogen (secondary N) is 1. The molecule has 0 spiro atoms. The van der Waals surface area contributed by atoms with Gasteiger partial charge in [-0.2, -0.15) is 0 Å². The standard InChI is InChI=1S/C17H24N2O2/c20-17(19-9-11-21-12-10-19)13-15(16-7-4-8-18-16)14-5-2-1-3-6-14/h1-3,5-6,15-16,18H,4,7-13H2/t15-,16+/m1/s1. The Labute approximate surface area is 126 Å². The Morgan fingerprint density at radius 3 is 2.71 bits per heavy atom. The second-order valence-electron chi connectivity index (χ2n) is 5.92. The molecule has 2 fully saturated rings. The van der Waals surface area contributed by atoms with Crippen LogP contribution in [0, 0.1) is 0 Å². The summed E-state index contributed by atoms with van der Waals surface area (Å²) in [5.74, 6) is 0.546. The van der Waals surface area contributed by atoms with Crippen molar-refractivity contribution in [2.45, 2.75) is 31.2 Å². The van der Waals surface area contributed by atoms with Crippen LogP contribution < -0.4 is 5.32 Å². The zero-order valence-electron chi connectivity index (χ0n) is 12.5. The lowest BCUT2D eigenvalue weighted by Crippen LogP contribution is -2.42. The summed E-state index contributed by atoms with van der Waals surface area (Å²) < 4.78 is 5.33. The maximum absolute atomic E-state index is 12.6. The summed E-state index contributed by atoms with van der Waals surface area (Å²) in [7, 11) is 0. The fraction of sp³-hybridized carbons (Fsp3) is 0.588. The van der Waals surface area contributed by atoms with Gasteiger partial charge < -0.3 is 15.0 Å². The molecule has 4 nitrogen and oxygen atoms in total. The molecule has 0 bridgehead atoms. The molecule has 0 saturated carbocycles. The third-order valence-electron chi connectivity index (χ3n) is 4.57. The number of amides is 1. The van der Waals surface area contributed by atoms with E-state index in [0.29, 0.717) is 25.7 Å². The molecule has 2 heterocycles. The van der Waals surface area contributed by atoms with Gasteiger partial charge in [-0.15, -0.1) is 0 Å². The number of carbonyl (C=O) groups is 1. The molecular weight excluding hydrogens is 264 g/mol. The number of hydrogen-bond donors (Lipinski definition) is 1. The van der Waals surface area contributed by atoms with Crippen molar-refractivity contribution in [1.82, 2.24) is 10.2 Å². The SMILES string of the molecule is O=C(C[C@H](c1ccccc1)[C@@H]1CCCN1)N1CCOCC1. The van der Waals surface area contributed by atoms with Gasteiger partial charge in [0.05, 0.1) is 13.2 Å². The predicted octanol–water partition coefficient (Wildman–Crippen LogP) is 1.77. The molecule has 114 valence electrons. The van der Waals surface area contributed by atoms with E-state index in [0.717, 1.165) is 26.1 Å². The topological polar surface area (TPSA) is 41.6 Å². The molecule has 21 heavy (non-hydrogen) atoms. The zero-order valence-corrected chi connectivity index (χ0v) is 12.5. The van der Waals surface area contributed by atoms with Crippen LogP contribution in [0.15, 0.2) is 30.3 Å². The van der Waals surface area contributed by atoms with E-state index in [2.05, 4.69) is 29.6 Å². The quantitative estimate of drug-likeness (QED) is 0.918. The molecule has 2 aliphatic rings.